The highest BCUT2D eigenvalue weighted by molar-refractivity contribution is 7.71. The van der Waals surface area contributed by atoms with Crippen molar-refractivity contribution in [3.8, 4) is 10.6 Å². The van der Waals surface area contributed by atoms with Gasteiger partial charge in [0.2, 0.25) is 0 Å². The minimum absolute atomic E-state index is 0.166. The third kappa shape index (κ3) is 2.24. The molecule has 0 bridgehead atoms. The third-order valence-electron chi connectivity index (χ3n) is 2.04. The molecule has 2 rings (SSSR count). The van der Waals surface area contributed by atoms with Crippen molar-refractivity contribution in [2.24, 2.45) is 0 Å². The standard InChI is InChI=1S/C10H10N2OS2/c1-2-6-3-4-8(15-6)7-5-9(13)12-10(14)11-7/h3-5H,2H2,1H3,(H2,11,12,13,14). The monoisotopic (exact) mass is 238 g/mol. The Morgan fingerprint density at radius 1 is 1.40 bits per heavy atom. The van der Waals surface area contributed by atoms with Crippen LogP contribution in [0.25, 0.3) is 10.6 Å². The minimum Gasteiger partial charge on any atom is -0.331 e. The van der Waals surface area contributed by atoms with Gasteiger partial charge in [0.25, 0.3) is 5.56 Å². The molecule has 0 unspecified atom stereocenters. The van der Waals surface area contributed by atoms with Gasteiger partial charge in [-0.3, -0.25) is 9.78 Å². The lowest BCUT2D eigenvalue weighted by Gasteiger charge is -1.95. The van der Waals surface area contributed by atoms with Gasteiger partial charge in [0.1, 0.15) is 0 Å². The van der Waals surface area contributed by atoms with Crippen molar-refractivity contribution >= 4 is 23.6 Å². The van der Waals surface area contributed by atoms with E-state index in [4.69, 9.17) is 12.2 Å². The van der Waals surface area contributed by atoms with Gasteiger partial charge < -0.3 is 4.98 Å². The van der Waals surface area contributed by atoms with Crippen LogP contribution in [0.5, 0.6) is 0 Å². The zero-order valence-electron chi connectivity index (χ0n) is 8.16. The number of H-pyrrole nitrogens is 2. The fourth-order valence-corrected chi connectivity index (χ4v) is 2.44. The normalized spacial score (nSPS) is 10.5. The molecule has 0 amide bonds. The predicted octanol–water partition coefficient (Wildman–Crippen LogP) is 2.72. The molecule has 0 aliphatic heterocycles. The van der Waals surface area contributed by atoms with Crippen molar-refractivity contribution in [2.75, 3.05) is 0 Å². The van der Waals surface area contributed by atoms with Crippen LogP contribution in [0.1, 0.15) is 11.8 Å². The first kappa shape index (κ1) is 10.3. The van der Waals surface area contributed by atoms with Crippen molar-refractivity contribution in [3.63, 3.8) is 0 Å². The molecular formula is C10H10N2OS2. The highest BCUT2D eigenvalue weighted by Gasteiger charge is 2.02. The van der Waals surface area contributed by atoms with Crippen molar-refractivity contribution in [3.05, 3.63) is 38.2 Å². The van der Waals surface area contributed by atoms with Crippen LogP contribution >= 0.6 is 23.6 Å². The lowest BCUT2D eigenvalue weighted by Crippen LogP contribution is -2.05. The number of thiophene rings is 1. The van der Waals surface area contributed by atoms with E-state index in [0.29, 0.717) is 4.77 Å². The van der Waals surface area contributed by atoms with Crippen LogP contribution in [-0.4, -0.2) is 9.97 Å². The van der Waals surface area contributed by atoms with Gasteiger partial charge in [0.05, 0.1) is 10.6 Å². The van der Waals surface area contributed by atoms with Crippen molar-refractivity contribution in [2.45, 2.75) is 13.3 Å². The smallest absolute Gasteiger partial charge is 0.252 e. The Bertz CT molecular complexity index is 551. The van der Waals surface area contributed by atoms with Crippen LogP contribution in [-0.2, 0) is 6.42 Å². The maximum absolute atomic E-state index is 11.2. The van der Waals surface area contributed by atoms with Crippen molar-refractivity contribution in [1.82, 2.24) is 9.97 Å². The van der Waals surface area contributed by atoms with Gasteiger partial charge in [-0.1, -0.05) is 6.92 Å². The molecule has 0 aliphatic rings. The molecular weight excluding hydrogens is 228 g/mol. The summed E-state index contributed by atoms with van der Waals surface area (Å²) in [6, 6.07) is 5.60. The summed E-state index contributed by atoms with van der Waals surface area (Å²) in [5.74, 6) is 0. The molecule has 2 heterocycles. The quantitative estimate of drug-likeness (QED) is 0.790. The topological polar surface area (TPSA) is 48.6 Å². The minimum atomic E-state index is -0.166. The molecule has 0 aliphatic carbocycles. The van der Waals surface area contributed by atoms with E-state index in [1.165, 1.54) is 10.9 Å². The van der Waals surface area contributed by atoms with Crippen molar-refractivity contribution < 1.29 is 0 Å². The number of hydrogen-bond acceptors (Lipinski definition) is 3. The van der Waals surface area contributed by atoms with Crippen LogP contribution in [0.3, 0.4) is 0 Å². The summed E-state index contributed by atoms with van der Waals surface area (Å²) in [6.07, 6.45) is 1.01. The maximum Gasteiger partial charge on any atom is 0.252 e. The first-order valence-corrected chi connectivity index (χ1v) is 5.84. The Kier molecular flexibility index (Phi) is 2.83. The Hall–Kier alpha value is -1.20. The van der Waals surface area contributed by atoms with Gasteiger partial charge in [-0.25, -0.2) is 0 Å². The lowest BCUT2D eigenvalue weighted by molar-refractivity contribution is 1.10. The summed E-state index contributed by atoms with van der Waals surface area (Å²) in [6.45, 7) is 2.11. The molecule has 0 atom stereocenters. The Balaban J connectivity index is 2.53. The van der Waals surface area contributed by atoms with Gasteiger partial charge in [-0.15, -0.1) is 11.3 Å². The van der Waals surface area contributed by atoms with E-state index in [2.05, 4.69) is 23.0 Å². The van der Waals surface area contributed by atoms with Gasteiger partial charge in [-0.05, 0) is 30.8 Å². The van der Waals surface area contributed by atoms with Gasteiger partial charge in [0, 0.05) is 10.9 Å². The van der Waals surface area contributed by atoms with E-state index >= 15 is 0 Å². The Labute approximate surface area is 95.8 Å². The average Bonchev–Trinajstić information content (AvgIpc) is 2.64. The number of aryl methyl sites for hydroxylation is 1. The second-order valence-electron chi connectivity index (χ2n) is 3.12. The fraction of sp³-hybridized carbons (Fsp3) is 0.200. The number of aromatic amines is 2. The van der Waals surface area contributed by atoms with Gasteiger partial charge in [0.15, 0.2) is 4.77 Å². The molecule has 0 fully saturated rings. The number of aromatic nitrogens is 2. The van der Waals surface area contributed by atoms with Gasteiger partial charge in [-0.2, -0.15) is 0 Å². The maximum atomic E-state index is 11.2. The first-order valence-electron chi connectivity index (χ1n) is 4.62. The number of rotatable bonds is 2. The first-order chi connectivity index (χ1) is 7.19. The summed E-state index contributed by atoms with van der Waals surface area (Å²) in [5, 5.41) is 0. The Morgan fingerprint density at radius 3 is 2.80 bits per heavy atom. The van der Waals surface area contributed by atoms with E-state index in [1.54, 1.807) is 11.3 Å². The zero-order valence-corrected chi connectivity index (χ0v) is 9.80. The van der Waals surface area contributed by atoms with Crippen LogP contribution in [0.2, 0.25) is 0 Å². The van der Waals surface area contributed by atoms with E-state index in [1.807, 2.05) is 6.07 Å². The highest BCUT2D eigenvalue weighted by Crippen LogP contribution is 2.25. The third-order valence-corrected chi connectivity index (χ3v) is 3.50. The van der Waals surface area contributed by atoms with E-state index in [0.717, 1.165) is 17.0 Å². The summed E-state index contributed by atoms with van der Waals surface area (Å²) in [4.78, 5) is 19.0. The van der Waals surface area contributed by atoms with Crippen LogP contribution in [0, 0.1) is 4.77 Å². The molecule has 0 spiro atoms. The van der Waals surface area contributed by atoms with E-state index < -0.39 is 0 Å². The highest BCUT2D eigenvalue weighted by atomic mass is 32.1. The van der Waals surface area contributed by atoms with E-state index in [9.17, 15) is 4.79 Å². The van der Waals surface area contributed by atoms with Crippen LogP contribution in [0.4, 0.5) is 0 Å². The zero-order chi connectivity index (χ0) is 10.8. The molecule has 5 heteroatoms. The number of hydrogen-bond donors (Lipinski definition) is 2. The number of nitrogens with one attached hydrogen (secondary N) is 2. The summed E-state index contributed by atoms with van der Waals surface area (Å²) < 4.78 is 0.365. The second kappa shape index (κ2) is 4.12. The summed E-state index contributed by atoms with van der Waals surface area (Å²) in [5.41, 5.74) is 0.619. The predicted molar refractivity (Wildman–Crippen MR) is 64.9 cm³/mol. The van der Waals surface area contributed by atoms with Crippen LogP contribution in [0.15, 0.2) is 23.0 Å². The lowest BCUT2D eigenvalue weighted by atomic mass is 10.3. The molecule has 2 N–H and O–H groups in total. The molecule has 0 saturated heterocycles. The molecule has 2 aromatic heterocycles. The summed E-state index contributed by atoms with van der Waals surface area (Å²) >= 11 is 6.59. The Morgan fingerprint density at radius 2 is 2.20 bits per heavy atom. The molecule has 0 radical (unpaired) electrons. The average molecular weight is 238 g/mol. The molecule has 15 heavy (non-hydrogen) atoms. The second-order valence-corrected chi connectivity index (χ2v) is 4.70. The molecule has 0 aromatic carbocycles. The molecule has 0 saturated carbocycles. The summed E-state index contributed by atoms with van der Waals surface area (Å²) in [7, 11) is 0. The molecule has 3 nitrogen and oxygen atoms in total. The SMILES string of the molecule is CCc1ccc(-c2cc(=O)[nH]c(=S)[nH]2)s1. The fourth-order valence-electron chi connectivity index (χ4n) is 1.31. The largest absolute Gasteiger partial charge is 0.331 e. The van der Waals surface area contributed by atoms with Gasteiger partial charge >= 0.3 is 0 Å². The van der Waals surface area contributed by atoms with Crippen molar-refractivity contribution in [1.29, 1.82) is 0 Å². The van der Waals surface area contributed by atoms with E-state index in [-0.39, 0.29) is 5.56 Å². The molecule has 78 valence electrons. The molecule has 2 aromatic rings. The van der Waals surface area contributed by atoms with Crippen LogP contribution < -0.4 is 5.56 Å².